The van der Waals surface area contributed by atoms with Crippen LogP contribution in [0, 0.1) is 0 Å². The van der Waals surface area contributed by atoms with E-state index in [1.165, 1.54) is 0 Å². The highest BCUT2D eigenvalue weighted by Crippen LogP contribution is 2.33. The molecule has 4 aromatic rings. The number of hydrogen-bond donors (Lipinski definition) is 0. The third kappa shape index (κ3) is 4.51. The van der Waals surface area contributed by atoms with Crippen LogP contribution >= 0.6 is 0 Å². The molecule has 1 fully saturated rings. The van der Waals surface area contributed by atoms with Crippen molar-refractivity contribution in [2.45, 2.75) is 12.1 Å². The van der Waals surface area contributed by atoms with Crippen molar-refractivity contribution in [2.75, 3.05) is 33.4 Å². The van der Waals surface area contributed by atoms with E-state index in [0.29, 0.717) is 13.2 Å². The minimum Gasteiger partial charge on any atom is -0.497 e. The molecule has 1 aliphatic rings. The summed E-state index contributed by atoms with van der Waals surface area (Å²) in [6.45, 7) is 3.00. The van der Waals surface area contributed by atoms with Crippen LogP contribution in [-0.4, -0.2) is 58.5 Å². The quantitative estimate of drug-likeness (QED) is 0.435. The van der Waals surface area contributed by atoms with Crippen molar-refractivity contribution in [1.29, 1.82) is 0 Å². The predicted molar refractivity (Wildman–Crippen MR) is 125 cm³/mol. The monoisotopic (exact) mass is 441 g/mol. The van der Waals surface area contributed by atoms with Gasteiger partial charge in [0, 0.05) is 13.1 Å². The first-order valence-electron chi connectivity index (χ1n) is 11.2. The molecular formula is C26H27N5O2. The van der Waals surface area contributed by atoms with Crippen molar-refractivity contribution in [3.63, 3.8) is 0 Å². The number of methoxy groups -OCH3 is 1. The summed E-state index contributed by atoms with van der Waals surface area (Å²) in [6, 6.07) is 28.7. The number of tetrazole rings is 1. The van der Waals surface area contributed by atoms with E-state index in [1.807, 2.05) is 28.9 Å². The van der Waals surface area contributed by atoms with Gasteiger partial charge in [-0.1, -0.05) is 72.8 Å². The smallest absolute Gasteiger partial charge is 0.174 e. The molecule has 2 heterocycles. The van der Waals surface area contributed by atoms with Gasteiger partial charge in [0.1, 0.15) is 11.8 Å². The molecule has 1 aliphatic heterocycles. The Bertz CT molecular complexity index is 1100. The molecule has 0 radical (unpaired) electrons. The number of morpholine rings is 1. The highest BCUT2D eigenvalue weighted by molar-refractivity contribution is 5.35. The Morgan fingerprint density at radius 1 is 0.758 bits per heavy atom. The molecule has 1 atom stereocenters. The van der Waals surface area contributed by atoms with Gasteiger partial charge in [0.2, 0.25) is 0 Å². The third-order valence-corrected chi connectivity index (χ3v) is 6.08. The SMILES string of the molecule is COc1ccc([C@H](c2nnnn2C(c2ccccc2)c2ccccc2)N2CCOCC2)cc1. The average Bonchev–Trinajstić information content (AvgIpc) is 3.35. The van der Waals surface area contributed by atoms with Crippen molar-refractivity contribution in [3.8, 4) is 5.75 Å². The zero-order valence-electron chi connectivity index (χ0n) is 18.6. The largest absolute Gasteiger partial charge is 0.497 e. The number of nitrogens with zero attached hydrogens (tertiary/aromatic N) is 5. The average molecular weight is 442 g/mol. The fourth-order valence-electron chi connectivity index (χ4n) is 4.46. The van der Waals surface area contributed by atoms with E-state index in [9.17, 15) is 0 Å². The van der Waals surface area contributed by atoms with Crippen molar-refractivity contribution in [2.24, 2.45) is 0 Å². The molecule has 7 heteroatoms. The number of rotatable bonds is 7. The molecule has 0 spiro atoms. The molecule has 1 aromatic heterocycles. The van der Waals surface area contributed by atoms with E-state index in [1.54, 1.807) is 7.11 Å². The minimum atomic E-state index is -0.140. The van der Waals surface area contributed by atoms with Crippen LogP contribution in [-0.2, 0) is 4.74 Å². The maximum atomic E-state index is 5.64. The topological polar surface area (TPSA) is 65.3 Å². The Labute approximate surface area is 193 Å². The molecule has 0 amide bonds. The Balaban J connectivity index is 1.63. The summed E-state index contributed by atoms with van der Waals surface area (Å²) in [5.41, 5.74) is 3.38. The molecule has 33 heavy (non-hydrogen) atoms. The molecule has 0 N–H and O–H groups in total. The maximum Gasteiger partial charge on any atom is 0.174 e. The van der Waals surface area contributed by atoms with Gasteiger partial charge in [-0.2, -0.15) is 0 Å². The highest BCUT2D eigenvalue weighted by Gasteiger charge is 2.32. The van der Waals surface area contributed by atoms with E-state index in [2.05, 4.69) is 81.1 Å². The summed E-state index contributed by atoms with van der Waals surface area (Å²) in [6.07, 6.45) is 0. The molecule has 0 unspecified atom stereocenters. The van der Waals surface area contributed by atoms with Gasteiger partial charge in [-0.3, -0.25) is 4.90 Å². The lowest BCUT2D eigenvalue weighted by Crippen LogP contribution is -2.41. The van der Waals surface area contributed by atoms with Gasteiger partial charge in [0.25, 0.3) is 0 Å². The van der Waals surface area contributed by atoms with Crippen molar-refractivity contribution < 1.29 is 9.47 Å². The van der Waals surface area contributed by atoms with Gasteiger partial charge >= 0.3 is 0 Å². The van der Waals surface area contributed by atoms with Gasteiger partial charge < -0.3 is 9.47 Å². The lowest BCUT2D eigenvalue weighted by atomic mass is 9.97. The van der Waals surface area contributed by atoms with Crippen LogP contribution in [0.15, 0.2) is 84.9 Å². The van der Waals surface area contributed by atoms with E-state index < -0.39 is 0 Å². The van der Waals surface area contributed by atoms with Gasteiger partial charge in [-0.05, 0) is 39.2 Å². The van der Waals surface area contributed by atoms with Crippen LogP contribution < -0.4 is 4.74 Å². The second-order valence-electron chi connectivity index (χ2n) is 8.03. The predicted octanol–water partition coefficient (Wildman–Crippen LogP) is 3.74. The van der Waals surface area contributed by atoms with Crippen LogP contribution in [0.1, 0.15) is 34.6 Å². The molecule has 168 valence electrons. The summed E-state index contributed by atoms with van der Waals surface area (Å²) < 4.78 is 13.0. The molecule has 1 saturated heterocycles. The van der Waals surface area contributed by atoms with Gasteiger partial charge in [0.15, 0.2) is 5.82 Å². The zero-order valence-corrected chi connectivity index (χ0v) is 18.6. The van der Waals surface area contributed by atoms with Crippen molar-refractivity contribution >= 4 is 0 Å². The fraction of sp³-hybridized carbons (Fsp3) is 0.269. The molecule has 3 aromatic carbocycles. The first-order valence-corrected chi connectivity index (χ1v) is 11.2. The Kier molecular flexibility index (Phi) is 6.41. The van der Waals surface area contributed by atoms with Crippen LogP contribution in [0.2, 0.25) is 0 Å². The fourth-order valence-corrected chi connectivity index (χ4v) is 4.46. The standard InChI is InChI=1S/C26H27N5O2/c1-32-23-14-12-22(13-15-23)25(30-16-18-33-19-17-30)26-27-28-29-31(26)24(20-8-4-2-5-9-20)21-10-6-3-7-11-21/h2-15,24-25H,16-19H2,1H3/t25-/m1/s1. The number of aromatic nitrogens is 4. The van der Waals surface area contributed by atoms with Gasteiger partial charge in [-0.15, -0.1) is 5.10 Å². The lowest BCUT2D eigenvalue weighted by molar-refractivity contribution is 0.0215. The summed E-state index contributed by atoms with van der Waals surface area (Å²) >= 11 is 0. The summed E-state index contributed by atoms with van der Waals surface area (Å²) in [5.74, 6) is 1.63. The summed E-state index contributed by atoms with van der Waals surface area (Å²) in [7, 11) is 1.68. The molecule has 0 saturated carbocycles. The van der Waals surface area contributed by atoms with Crippen molar-refractivity contribution in [3.05, 3.63) is 107 Å². The molecule has 0 bridgehead atoms. The number of hydrogen-bond acceptors (Lipinski definition) is 6. The second kappa shape index (κ2) is 9.94. The molecule has 7 nitrogen and oxygen atoms in total. The molecule has 0 aliphatic carbocycles. The van der Waals surface area contributed by atoms with E-state index in [-0.39, 0.29) is 12.1 Å². The maximum absolute atomic E-state index is 5.64. The van der Waals surface area contributed by atoms with Gasteiger partial charge in [-0.25, -0.2) is 4.68 Å². The van der Waals surface area contributed by atoms with Crippen molar-refractivity contribution in [1.82, 2.24) is 25.1 Å². The highest BCUT2D eigenvalue weighted by atomic mass is 16.5. The lowest BCUT2D eigenvalue weighted by Gasteiger charge is -2.34. The van der Waals surface area contributed by atoms with E-state index in [0.717, 1.165) is 41.4 Å². The van der Waals surface area contributed by atoms with E-state index in [4.69, 9.17) is 9.47 Å². The normalized spacial score (nSPS) is 15.5. The van der Waals surface area contributed by atoms with Crippen LogP contribution in [0.5, 0.6) is 5.75 Å². The number of benzene rings is 3. The first-order chi connectivity index (χ1) is 16.3. The first kappa shape index (κ1) is 21.3. The molecule has 5 rings (SSSR count). The summed E-state index contributed by atoms with van der Waals surface area (Å²) in [4.78, 5) is 2.39. The van der Waals surface area contributed by atoms with E-state index >= 15 is 0 Å². The molecular weight excluding hydrogens is 414 g/mol. The Hall–Kier alpha value is -3.55. The zero-order chi connectivity index (χ0) is 22.5. The van der Waals surface area contributed by atoms with Crippen LogP contribution in [0.4, 0.5) is 0 Å². The summed E-state index contributed by atoms with van der Waals surface area (Å²) in [5, 5.41) is 13.2. The Morgan fingerprint density at radius 2 is 1.33 bits per heavy atom. The Morgan fingerprint density at radius 3 is 1.91 bits per heavy atom. The third-order valence-electron chi connectivity index (χ3n) is 6.08. The van der Waals surface area contributed by atoms with Gasteiger partial charge in [0.05, 0.1) is 26.4 Å². The van der Waals surface area contributed by atoms with Crippen LogP contribution in [0.3, 0.4) is 0 Å². The minimum absolute atomic E-state index is 0.107. The second-order valence-corrected chi connectivity index (χ2v) is 8.03. The van der Waals surface area contributed by atoms with Crippen LogP contribution in [0.25, 0.3) is 0 Å². The number of ether oxygens (including phenoxy) is 2.